The van der Waals surface area contributed by atoms with Gasteiger partial charge >= 0.3 is 0 Å². The van der Waals surface area contributed by atoms with E-state index in [4.69, 9.17) is 4.74 Å². The van der Waals surface area contributed by atoms with Crippen LogP contribution in [0, 0.1) is 6.92 Å². The Morgan fingerprint density at radius 1 is 1.11 bits per heavy atom. The molecule has 0 saturated heterocycles. The lowest BCUT2D eigenvalue weighted by molar-refractivity contribution is 0.409. The Morgan fingerprint density at radius 3 is 2.43 bits per heavy atom. The minimum absolute atomic E-state index is 0.339. The van der Waals surface area contributed by atoms with Crippen LogP contribution in [0.15, 0.2) is 52.4 Å². The molecule has 6 nitrogen and oxygen atoms in total. The summed E-state index contributed by atoms with van der Waals surface area (Å²) in [7, 11) is -1.49. The van der Waals surface area contributed by atoms with E-state index in [1.807, 2.05) is 44.2 Å². The first-order chi connectivity index (χ1) is 13.3. The highest BCUT2D eigenvalue weighted by Crippen LogP contribution is 2.20. The van der Waals surface area contributed by atoms with Crippen molar-refractivity contribution in [2.24, 2.45) is 4.99 Å². The molecule has 0 heterocycles. The van der Waals surface area contributed by atoms with Gasteiger partial charge in [-0.05, 0) is 49.6 Å². The molecule has 0 unspecified atom stereocenters. The van der Waals surface area contributed by atoms with Gasteiger partial charge in [0.1, 0.15) is 5.75 Å². The van der Waals surface area contributed by atoms with Gasteiger partial charge in [-0.3, -0.25) is 0 Å². The van der Waals surface area contributed by atoms with Gasteiger partial charge in [-0.1, -0.05) is 24.3 Å². The molecule has 0 atom stereocenters. The number of nitrogens with zero attached hydrogens (tertiary/aromatic N) is 1. The van der Waals surface area contributed by atoms with Gasteiger partial charge in [0.2, 0.25) is 0 Å². The molecule has 152 valence electrons. The largest absolute Gasteiger partial charge is 0.496 e. The molecule has 0 aromatic heterocycles. The van der Waals surface area contributed by atoms with Crippen LogP contribution in [0.1, 0.15) is 23.6 Å². The fourth-order valence-electron chi connectivity index (χ4n) is 2.72. The van der Waals surface area contributed by atoms with E-state index >= 15 is 0 Å². The summed E-state index contributed by atoms with van der Waals surface area (Å²) in [5.41, 5.74) is 3.24. The monoisotopic (exact) mass is 403 g/mol. The van der Waals surface area contributed by atoms with Crippen molar-refractivity contribution in [3.05, 3.63) is 59.2 Å². The van der Waals surface area contributed by atoms with Crippen molar-refractivity contribution in [2.75, 3.05) is 26.5 Å². The van der Waals surface area contributed by atoms with Crippen LogP contribution in [0.2, 0.25) is 0 Å². The highest BCUT2D eigenvalue weighted by atomic mass is 32.2. The molecule has 2 aromatic carbocycles. The van der Waals surface area contributed by atoms with E-state index in [-0.39, 0.29) is 0 Å². The Balaban J connectivity index is 1.96. The summed E-state index contributed by atoms with van der Waals surface area (Å²) < 4.78 is 28.5. The zero-order valence-electron chi connectivity index (χ0n) is 17.0. The van der Waals surface area contributed by atoms with Crippen LogP contribution in [-0.4, -0.2) is 40.8 Å². The summed E-state index contributed by atoms with van der Waals surface area (Å²) in [4.78, 5) is 4.97. The number of methoxy groups -OCH3 is 1. The van der Waals surface area contributed by atoms with Gasteiger partial charge in [-0.15, -0.1) is 0 Å². The number of benzene rings is 2. The third-order valence-electron chi connectivity index (χ3n) is 4.25. The molecule has 2 aromatic rings. The lowest BCUT2D eigenvalue weighted by Crippen LogP contribution is -2.38. The maximum atomic E-state index is 11.5. The van der Waals surface area contributed by atoms with Crippen LogP contribution in [0.5, 0.6) is 5.75 Å². The van der Waals surface area contributed by atoms with E-state index in [1.54, 1.807) is 19.2 Å². The second kappa shape index (κ2) is 10.1. The summed E-state index contributed by atoms with van der Waals surface area (Å²) in [6.07, 6.45) is 1.98. The average Bonchev–Trinajstić information content (AvgIpc) is 2.66. The highest BCUT2D eigenvalue weighted by Gasteiger charge is 2.07. The average molecular weight is 404 g/mol. The van der Waals surface area contributed by atoms with E-state index in [0.717, 1.165) is 41.4 Å². The molecule has 28 heavy (non-hydrogen) atoms. The second-order valence-electron chi connectivity index (χ2n) is 6.60. The van der Waals surface area contributed by atoms with Crippen LogP contribution < -0.4 is 15.4 Å². The predicted molar refractivity (Wildman–Crippen MR) is 114 cm³/mol. The maximum Gasteiger partial charge on any atom is 0.191 e. The molecule has 0 amide bonds. The van der Waals surface area contributed by atoms with E-state index in [0.29, 0.717) is 18.0 Å². The zero-order valence-corrected chi connectivity index (χ0v) is 17.8. The summed E-state index contributed by atoms with van der Waals surface area (Å²) in [5.74, 6) is 1.57. The number of guanidine groups is 1. The van der Waals surface area contributed by atoms with E-state index in [2.05, 4.69) is 15.6 Å². The van der Waals surface area contributed by atoms with Gasteiger partial charge < -0.3 is 15.4 Å². The van der Waals surface area contributed by atoms with Crippen LogP contribution in [-0.2, 0) is 22.8 Å². The highest BCUT2D eigenvalue weighted by molar-refractivity contribution is 7.90. The number of rotatable bonds is 8. The molecule has 0 fully saturated rings. The van der Waals surface area contributed by atoms with Crippen LogP contribution in [0.3, 0.4) is 0 Å². The molecular formula is C21H29N3O3S. The Hall–Kier alpha value is -2.54. The number of aliphatic imine (C=N–C) groups is 1. The maximum absolute atomic E-state index is 11.5. The van der Waals surface area contributed by atoms with Crippen LogP contribution in [0.4, 0.5) is 0 Å². The van der Waals surface area contributed by atoms with Gasteiger partial charge in [0.15, 0.2) is 15.8 Å². The molecule has 0 aliphatic heterocycles. The first-order valence-electron chi connectivity index (χ1n) is 9.28. The van der Waals surface area contributed by atoms with Gasteiger partial charge in [0.25, 0.3) is 0 Å². The lowest BCUT2D eigenvalue weighted by Gasteiger charge is -2.12. The topological polar surface area (TPSA) is 79.8 Å². The molecule has 0 radical (unpaired) electrons. The molecule has 0 aliphatic carbocycles. The molecule has 2 N–H and O–H groups in total. The molecular weight excluding hydrogens is 374 g/mol. The minimum Gasteiger partial charge on any atom is -0.496 e. The second-order valence-corrected chi connectivity index (χ2v) is 8.62. The number of hydrogen-bond donors (Lipinski definition) is 2. The number of aryl methyl sites for hydroxylation is 1. The van der Waals surface area contributed by atoms with Gasteiger partial charge in [0.05, 0.1) is 18.6 Å². The fraction of sp³-hybridized carbons (Fsp3) is 0.381. The van der Waals surface area contributed by atoms with Crippen molar-refractivity contribution in [3.8, 4) is 5.75 Å². The van der Waals surface area contributed by atoms with Crippen molar-refractivity contribution >= 4 is 15.8 Å². The number of ether oxygens (including phenoxy) is 1. The number of sulfone groups is 1. The van der Waals surface area contributed by atoms with Gasteiger partial charge in [0, 0.05) is 24.9 Å². The predicted octanol–water partition coefficient (Wildman–Crippen LogP) is 2.70. The first kappa shape index (κ1) is 21.8. The zero-order chi connectivity index (χ0) is 20.6. The Morgan fingerprint density at radius 2 is 1.82 bits per heavy atom. The van der Waals surface area contributed by atoms with Crippen LogP contribution >= 0.6 is 0 Å². The Bertz CT molecular complexity index is 907. The third-order valence-corrected chi connectivity index (χ3v) is 5.38. The normalized spacial score (nSPS) is 11.9. The number of nitrogens with one attached hydrogen (secondary N) is 2. The summed E-state index contributed by atoms with van der Waals surface area (Å²) in [6.45, 7) is 6.02. The lowest BCUT2D eigenvalue weighted by atomic mass is 10.1. The third kappa shape index (κ3) is 6.56. The molecule has 0 bridgehead atoms. The van der Waals surface area contributed by atoms with E-state index in [9.17, 15) is 8.42 Å². The molecule has 7 heteroatoms. The van der Waals surface area contributed by atoms with E-state index < -0.39 is 9.84 Å². The standard InChI is InChI=1S/C21H29N3O3S/c1-5-22-21(24-15-18-9-6-16(2)14-20(18)27-3)23-13-12-17-7-10-19(11-8-17)28(4,25)26/h6-11,14H,5,12-13,15H2,1-4H3,(H2,22,23,24). The SMILES string of the molecule is CCNC(=NCc1ccc(C)cc1OC)NCCc1ccc(S(C)(=O)=O)cc1. The van der Waals surface area contributed by atoms with Crippen molar-refractivity contribution in [1.29, 1.82) is 0 Å². The molecule has 0 saturated carbocycles. The van der Waals surface area contributed by atoms with Gasteiger partial charge in [-0.2, -0.15) is 0 Å². The first-order valence-corrected chi connectivity index (χ1v) is 11.2. The molecule has 0 aliphatic rings. The van der Waals surface area contributed by atoms with Crippen molar-refractivity contribution < 1.29 is 13.2 Å². The quantitative estimate of drug-likeness (QED) is 0.523. The molecule has 0 spiro atoms. The van der Waals surface area contributed by atoms with Crippen LogP contribution in [0.25, 0.3) is 0 Å². The summed E-state index contributed by atoms with van der Waals surface area (Å²) in [5, 5.41) is 6.55. The molecule has 2 rings (SSSR count). The van der Waals surface area contributed by atoms with Gasteiger partial charge in [-0.25, -0.2) is 13.4 Å². The van der Waals surface area contributed by atoms with Crippen molar-refractivity contribution in [3.63, 3.8) is 0 Å². The summed E-state index contributed by atoms with van der Waals surface area (Å²) in [6, 6.07) is 13.1. The Kier molecular flexibility index (Phi) is 7.87. The summed E-state index contributed by atoms with van der Waals surface area (Å²) >= 11 is 0. The van der Waals surface area contributed by atoms with Crippen molar-refractivity contribution in [1.82, 2.24) is 10.6 Å². The van der Waals surface area contributed by atoms with Crippen molar-refractivity contribution in [2.45, 2.75) is 31.7 Å². The Labute approximate surface area is 168 Å². The number of hydrogen-bond acceptors (Lipinski definition) is 4. The smallest absolute Gasteiger partial charge is 0.191 e. The fourth-order valence-corrected chi connectivity index (χ4v) is 3.35. The minimum atomic E-state index is -3.16. The van der Waals surface area contributed by atoms with E-state index in [1.165, 1.54) is 6.26 Å².